The van der Waals surface area contributed by atoms with E-state index in [1.807, 2.05) is 13.8 Å². The summed E-state index contributed by atoms with van der Waals surface area (Å²) in [6.07, 6.45) is -3.15. The summed E-state index contributed by atoms with van der Waals surface area (Å²) in [7, 11) is 0. The molecule has 0 bridgehead atoms. The molecule has 0 aliphatic rings. The number of alkyl halides is 3. The van der Waals surface area contributed by atoms with Gasteiger partial charge in [-0.05, 0) is 37.1 Å². The number of nitrogens with two attached hydrogens (primary N) is 1. The number of rotatable bonds is 7. The van der Waals surface area contributed by atoms with Gasteiger partial charge in [0.05, 0.1) is 17.6 Å². The Morgan fingerprint density at radius 1 is 1.08 bits per heavy atom. The molecule has 0 aliphatic carbocycles. The molecule has 134 valence electrons. The lowest BCUT2D eigenvalue weighted by molar-refractivity contribution is -0.137. The summed E-state index contributed by atoms with van der Waals surface area (Å²) in [5.41, 5.74) is 4.37. The van der Waals surface area contributed by atoms with Crippen molar-refractivity contribution in [2.45, 2.75) is 38.4 Å². The SMILES string of the molecule is CCC(CC)(CN)NC(=O)CNC(=O)c1ccc(C(F)(F)F)cc1. The van der Waals surface area contributed by atoms with E-state index in [0.717, 1.165) is 24.3 Å². The Kier molecular flexibility index (Phi) is 6.77. The van der Waals surface area contributed by atoms with E-state index < -0.39 is 29.1 Å². The Hall–Kier alpha value is -2.09. The summed E-state index contributed by atoms with van der Waals surface area (Å²) < 4.78 is 37.4. The zero-order valence-electron chi connectivity index (χ0n) is 13.7. The third-order valence-corrected chi connectivity index (χ3v) is 4.03. The molecule has 0 saturated heterocycles. The van der Waals surface area contributed by atoms with Crippen LogP contribution in [0.2, 0.25) is 0 Å². The molecule has 1 rings (SSSR count). The second-order valence-corrected chi connectivity index (χ2v) is 5.50. The van der Waals surface area contributed by atoms with Gasteiger partial charge < -0.3 is 16.4 Å². The monoisotopic (exact) mass is 345 g/mol. The molecule has 1 aromatic carbocycles. The van der Waals surface area contributed by atoms with Crippen molar-refractivity contribution < 1.29 is 22.8 Å². The summed E-state index contributed by atoms with van der Waals surface area (Å²) in [4.78, 5) is 23.8. The molecule has 0 fully saturated rings. The van der Waals surface area contributed by atoms with Gasteiger partial charge in [0.25, 0.3) is 5.91 Å². The molecule has 5 nitrogen and oxygen atoms in total. The van der Waals surface area contributed by atoms with Gasteiger partial charge in [-0.1, -0.05) is 13.8 Å². The van der Waals surface area contributed by atoms with Gasteiger partial charge in [-0.2, -0.15) is 13.2 Å². The first-order chi connectivity index (χ1) is 11.2. The van der Waals surface area contributed by atoms with Crippen molar-refractivity contribution in [2.24, 2.45) is 5.73 Å². The largest absolute Gasteiger partial charge is 0.416 e. The summed E-state index contributed by atoms with van der Waals surface area (Å²) in [5.74, 6) is -1.02. The molecule has 4 N–H and O–H groups in total. The first-order valence-corrected chi connectivity index (χ1v) is 7.64. The number of carbonyl (C=O) groups is 2. The van der Waals surface area contributed by atoms with E-state index in [2.05, 4.69) is 10.6 Å². The van der Waals surface area contributed by atoms with Crippen LogP contribution in [-0.4, -0.2) is 30.4 Å². The Morgan fingerprint density at radius 3 is 2.04 bits per heavy atom. The highest BCUT2D eigenvalue weighted by atomic mass is 19.4. The van der Waals surface area contributed by atoms with Gasteiger partial charge in [-0.3, -0.25) is 9.59 Å². The molecule has 0 aromatic heterocycles. The molecule has 0 spiro atoms. The van der Waals surface area contributed by atoms with E-state index >= 15 is 0 Å². The van der Waals surface area contributed by atoms with Crippen LogP contribution in [0.4, 0.5) is 13.2 Å². The van der Waals surface area contributed by atoms with Crippen molar-refractivity contribution in [3.8, 4) is 0 Å². The van der Waals surface area contributed by atoms with Crippen molar-refractivity contribution in [3.63, 3.8) is 0 Å². The first-order valence-electron chi connectivity index (χ1n) is 7.64. The Labute approximate surface area is 138 Å². The fourth-order valence-electron chi connectivity index (χ4n) is 2.18. The van der Waals surface area contributed by atoms with Crippen molar-refractivity contribution in [1.82, 2.24) is 10.6 Å². The van der Waals surface area contributed by atoms with Gasteiger partial charge in [0, 0.05) is 12.1 Å². The van der Waals surface area contributed by atoms with Crippen molar-refractivity contribution in [1.29, 1.82) is 0 Å². The summed E-state index contributed by atoms with van der Waals surface area (Å²) in [6.45, 7) is 3.80. The van der Waals surface area contributed by atoms with E-state index in [4.69, 9.17) is 5.73 Å². The minimum atomic E-state index is -4.46. The topological polar surface area (TPSA) is 84.2 Å². The highest BCUT2D eigenvalue weighted by molar-refractivity contribution is 5.96. The predicted octanol–water partition coefficient (Wildman–Crippen LogP) is 2.07. The van der Waals surface area contributed by atoms with Crippen LogP contribution in [0, 0.1) is 0 Å². The minimum Gasteiger partial charge on any atom is -0.348 e. The predicted molar refractivity (Wildman–Crippen MR) is 84.3 cm³/mol. The highest BCUT2D eigenvalue weighted by Gasteiger charge is 2.30. The number of carbonyl (C=O) groups excluding carboxylic acids is 2. The van der Waals surface area contributed by atoms with Crippen LogP contribution in [-0.2, 0) is 11.0 Å². The van der Waals surface area contributed by atoms with Crippen LogP contribution in [0.5, 0.6) is 0 Å². The normalized spacial score (nSPS) is 11.9. The maximum Gasteiger partial charge on any atom is 0.416 e. The lowest BCUT2D eigenvalue weighted by Gasteiger charge is -2.31. The minimum absolute atomic E-state index is 0.0480. The molecule has 2 amide bonds. The molecule has 24 heavy (non-hydrogen) atoms. The quantitative estimate of drug-likeness (QED) is 0.707. The average molecular weight is 345 g/mol. The number of amides is 2. The fourth-order valence-corrected chi connectivity index (χ4v) is 2.18. The second-order valence-electron chi connectivity index (χ2n) is 5.50. The maximum absolute atomic E-state index is 12.5. The van der Waals surface area contributed by atoms with Crippen LogP contribution in [0.3, 0.4) is 0 Å². The second kappa shape index (κ2) is 8.14. The van der Waals surface area contributed by atoms with E-state index in [9.17, 15) is 22.8 Å². The molecule has 0 saturated carbocycles. The summed E-state index contributed by atoms with van der Waals surface area (Å²) in [6, 6.07) is 3.78. The third kappa shape index (κ3) is 5.23. The van der Waals surface area contributed by atoms with Crippen LogP contribution in [0.15, 0.2) is 24.3 Å². The number of hydrogen-bond donors (Lipinski definition) is 3. The molecule has 0 atom stereocenters. The third-order valence-electron chi connectivity index (χ3n) is 4.03. The van der Waals surface area contributed by atoms with Gasteiger partial charge >= 0.3 is 6.18 Å². The number of halogens is 3. The van der Waals surface area contributed by atoms with Crippen LogP contribution in [0.25, 0.3) is 0 Å². The lowest BCUT2D eigenvalue weighted by Crippen LogP contribution is -2.55. The first kappa shape index (κ1) is 20.0. The van der Waals surface area contributed by atoms with Gasteiger partial charge in [-0.15, -0.1) is 0 Å². The maximum atomic E-state index is 12.5. The van der Waals surface area contributed by atoms with Crippen LogP contribution >= 0.6 is 0 Å². The Bertz CT molecular complexity index is 559. The van der Waals surface area contributed by atoms with Gasteiger partial charge in [0.2, 0.25) is 5.91 Å². The smallest absolute Gasteiger partial charge is 0.348 e. The summed E-state index contributed by atoms with van der Waals surface area (Å²) >= 11 is 0. The van der Waals surface area contributed by atoms with Crippen molar-refractivity contribution >= 4 is 11.8 Å². The summed E-state index contributed by atoms with van der Waals surface area (Å²) in [5, 5.41) is 5.17. The molecule has 0 unspecified atom stereocenters. The van der Waals surface area contributed by atoms with E-state index in [1.54, 1.807) is 0 Å². The number of benzene rings is 1. The number of nitrogens with one attached hydrogen (secondary N) is 2. The van der Waals surface area contributed by atoms with Crippen molar-refractivity contribution in [2.75, 3.05) is 13.1 Å². The van der Waals surface area contributed by atoms with Crippen molar-refractivity contribution in [3.05, 3.63) is 35.4 Å². The van der Waals surface area contributed by atoms with Crippen LogP contribution < -0.4 is 16.4 Å². The molecule has 1 aromatic rings. The molecule has 0 aliphatic heterocycles. The lowest BCUT2D eigenvalue weighted by atomic mass is 9.93. The Balaban J connectivity index is 2.61. The zero-order chi connectivity index (χ0) is 18.4. The van der Waals surface area contributed by atoms with Gasteiger partial charge in [0.1, 0.15) is 0 Å². The average Bonchev–Trinajstić information content (AvgIpc) is 2.57. The van der Waals surface area contributed by atoms with Gasteiger partial charge in [-0.25, -0.2) is 0 Å². The molecule has 8 heteroatoms. The fraction of sp³-hybridized carbons (Fsp3) is 0.500. The van der Waals surface area contributed by atoms with E-state index in [0.29, 0.717) is 12.8 Å². The van der Waals surface area contributed by atoms with Crippen LogP contribution in [0.1, 0.15) is 42.6 Å². The highest BCUT2D eigenvalue weighted by Crippen LogP contribution is 2.29. The molecule has 0 heterocycles. The molecular weight excluding hydrogens is 323 g/mol. The van der Waals surface area contributed by atoms with E-state index in [1.165, 1.54) is 0 Å². The van der Waals surface area contributed by atoms with E-state index in [-0.39, 0.29) is 18.7 Å². The molecule has 0 radical (unpaired) electrons. The van der Waals surface area contributed by atoms with Gasteiger partial charge in [0.15, 0.2) is 0 Å². The zero-order valence-corrected chi connectivity index (χ0v) is 13.7. The number of hydrogen-bond acceptors (Lipinski definition) is 3. The standard InChI is InChI=1S/C16H22F3N3O2/c1-3-15(4-2,10-20)22-13(23)9-21-14(24)11-5-7-12(8-6-11)16(17,18)19/h5-8H,3-4,9-10,20H2,1-2H3,(H,21,24)(H,22,23). The molecular formula is C16H22F3N3O2. The Morgan fingerprint density at radius 2 is 1.62 bits per heavy atom.